The molecular formula is C15H23N3O3. The van der Waals surface area contributed by atoms with Gasteiger partial charge in [-0.1, -0.05) is 20.3 Å². The zero-order valence-corrected chi connectivity index (χ0v) is 12.9. The Morgan fingerprint density at radius 3 is 2.33 bits per heavy atom. The molecule has 6 heteroatoms. The summed E-state index contributed by atoms with van der Waals surface area (Å²) in [7, 11) is 1.69. The van der Waals surface area contributed by atoms with Crippen LogP contribution in [0.5, 0.6) is 0 Å². The Morgan fingerprint density at radius 2 is 1.86 bits per heavy atom. The minimum Gasteiger partial charge on any atom is -0.314 e. The van der Waals surface area contributed by atoms with E-state index in [1.165, 1.54) is 12.1 Å². The number of anilines is 1. The number of carbonyl (C=O) groups is 1. The van der Waals surface area contributed by atoms with Gasteiger partial charge in [0.25, 0.3) is 5.69 Å². The maximum Gasteiger partial charge on any atom is 0.269 e. The summed E-state index contributed by atoms with van der Waals surface area (Å²) >= 11 is 0. The van der Waals surface area contributed by atoms with Gasteiger partial charge in [0, 0.05) is 24.9 Å². The number of nitro groups is 1. The van der Waals surface area contributed by atoms with Crippen LogP contribution in [0.25, 0.3) is 0 Å². The van der Waals surface area contributed by atoms with Gasteiger partial charge in [-0.05, 0) is 31.6 Å². The van der Waals surface area contributed by atoms with Crippen molar-refractivity contribution < 1.29 is 9.72 Å². The topological polar surface area (TPSA) is 66.7 Å². The van der Waals surface area contributed by atoms with Crippen LogP contribution < -0.4 is 4.90 Å². The number of hydrogen-bond acceptors (Lipinski definition) is 4. The van der Waals surface area contributed by atoms with Crippen molar-refractivity contribution in [2.24, 2.45) is 0 Å². The summed E-state index contributed by atoms with van der Waals surface area (Å²) in [4.78, 5) is 26.1. The van der Waals surface area contributed by atoms with Crippen LogP contribution >= 0.6 is 0 Å². The molecule has 0 fully saturated rings. The summed E-state index contributed by atoms with van der Waals surface area (Å²) in [5, 5.41) is 10.6. The van der Waals surface area contributed by atoms with Crippen molar-refractivity contribution in [1.82, 2.24) is 4.90 Å². The molecule has 1 aromatic rings. The summed E-state index contributed by atoms with van der Waals surface area (Å²) in [6.07, 6.45) is 2.17. The molecule has 0 aliphatic heterocycles. The number of carbonyl (C=O) groups excluding carboxylic acids is 1. The largest absolute Gasteiger partial charge is 0.314 e. The lowest BCUT2D eigenvalue weighted by Crippen LogP contribution is -2.38. The standard InChI is InChI=1S/C15H23N3O3/c1-4-6-11-17(5-2)12-15(19)16(3)13-7-9-14(10-8-13)18(20)21/h7-10H,4-6,11-12H2,1-3H3. The van der Waals surface area contributed by atoms with Crippen LogP contribution in [0.4, 0.5) is 11.4 Å². The summed E-state index contributed by atoms with van der Waals surface area (Å²) in [5.41, 5.74) is 0.690. The monoisotopic (exact) mass is 293 g/mol. The number of non-ortho nitro benzene ring substituents is 1. The molecule has 0 saturated carbocycles. The van der Waals surface area contributed by atoms with E-state index in [4.69, 9.17) is 0 Å². The van der Waals surface area contributed by atoms with Crippen LogP contribution in [0, 0.1) is 10.1 Å². The molecule has 0 aromatic heterocycles. The molecule has 0 atom stereocenters. The van der Waals surface area contributed by atoms with E-state index in [0.717, 1.165) is 25.9 Å². The van der Waals surface area contributed by atoms with E-state index in [1.54, 1.807) is 24.1 Å². The van der Waals surface area contributed by atoms with E-state index >= 15 is 0 Å². The van der Waals surface area contributed by atoms with Gasteiger partial charge in [-0.25, -0.2) is 0 Å². The predicted octanol–water partition coefficient (Wildman–Crippen LogP) is 2.68. The minimum atomic E-state index is -0.449. The molecular weight excluding hydrogens is 270 g/mol. The third kappa shape index (κ3) is 5.15. The zero-order chi connectivity index (χ0) is 15.8. The van der Waals surface area contributed by atoms with Gasteiger partial charge in [-0.2, -0.15) is 0 Å². The highest BCUT2D eigenvalue weighted by Gasteiger charge is 2.15. The molecule has 1 rings (SSSR count). The Labute approximate surface area is 125 Å². The van der Waals surface area contributed by atoms with Gasteiger partial charge in [0.15, 0.2) is 0 Å². The van der Waals surface area contributed by atoms with Gasteiger partial charge in [-0.15, -0.1) is 0 Å². The van der Waals surface area contributed by atoms with E-state index in [0.29, 0.717) is 12.2 Å². The van der Waals surface area contributed by atoms with E-state index in [1.807, 2.05) is 6.92 Å². The van der Waals surface area contributed by atoms with Gasteiger partial charge in [0.1, 0.15) is 0 Å². The third-order valence-corrected chi connectivity index (χ3v) is 3.46. The van der Waals surface area contributed by atoms with Crippen molar-refractivity contribution in [2.45, 2.75) is 26.7 Å². The summed E-state index contributed by atoms with van der Waals surface area (Å²) in [6.45, 7) is 6.27. The van der Waals surface area contributed by atoms with Crippen LogP contribution in [0.3, 0.4) is 0 Å². The fourth-order valence-corrected chi connectivity index (χ4v) is 1.97. The minimum absolute atomic E-state index is 0.0122. The Kier molecular flexibility index (Phi) is 6.81. The molecule has 0 N–H and O–H groups in total. The van der Waals surface area contributed by atoms with Gasteiger partial charge >= 0.3 is 0 Å². The average Bonchev–Trinajstić information content (AvgIpc) is 2.50. The maximum atomic E-state index is 12.2. The molecule has 0 spiro atoms. The second-order valence-electron chi connectivity index (χ2n) is 4.95. The number of benzene rings is 1. The molecule has 116 valence electrons. The Bertz CT molecular complexity index is 474. The van der Waals surface area contributed by atoms with Crippen LogP contribution in [0.15, 0.2) is 24.3 Å². The van der Waals surface area contributed by atoms with Crippen LogP contribution in [0.2, 0.25) is 0 Å². The number of amides is 1. The second kappa shape index (κ2) is 8.36. The quantitative estimate of drug-likeness (QED) is 0.546. The number of nitro benzene ring substituents is 1. The lowest BCUT2D eigenvalue weighted by molar-refractivity contribution is -0.384. The third-order valence-electron chi connectivity index (χ3n) is 3.46. The van der Waals surface area contributed by atoms with Gasteiger partial charge in [-0.3, -0.25) is 19.8 Å². The average molecular weight is 293 g/mol. The van der Waals surface area contributed by atoms with E-state index in [2.05, 4.69) is 11.8 Å². The van der Waals surface area contributed by atoms with Crippen molar-refractivity contribution in [3.8, 4) is 0 Å². The highest BCUT2D eigenvalue weighted by atomic mass is 16.6. The Balaban J connectivity index is 2.66. The first kappa shape index (κ1) is 17.1. The molecule has 21 heavy (non-hydrogen) atoms. The molecule has 1 amide bonds. The van der Waals surface area contributed by atoms with Gasteiger partial charge in [0.2, 0.25) is 5.91 Å². The molecule has 0 bridgehead atoms. The van der Waals surface area contributed by atoms with Crippen LogP contribution in [-0.2, 0) is 4.79 Å². The fourth-order valence-electron chi connectivity index (χ4n) is 1.97. The number of likely N-dealkylation sites (N-methyl/N-ethyl adjacent to an activating group) is 2. The number of rotatable bonds is 8. The zero-order valence-electron chi connectivity index (χ0n) is 12.9. The van der Waals surface area contributed by atoms with Crippen molar-refractivity contribution in [3.05, 3.63) is 34.4 Å². The summed E-state index contributed by atoms with van der Waals surface area (Å²) in [5.74, 6) is -0.0122. The normalized spacial score (nSPS) is 10.7. The van der Waals surface area contributed by atoms with Crippen molar-refractivity contribution >= 4 is 17.3 Å². The molecule has 0 aliphatic rings. The molecule has 1 aromatic carbocycles. The van der Waals surface area contributed by atoms with E-state index in [-0.39, 0.29) is 11.6 Å². The highest BCUT2D eigenvalue weighted by molar-refractivity contribution is 5.94. The maximum absolute atomic E-state index is 12.2. The van der Waals surface area contributed by atoms with Gasteiger partial charge in [0.05, 0.1) is 11.5 Å². The lowest BCUT2D eigenvalue weighted by Gasteiger charge is -2.23. The smallest absolute Gasteiger partial charge is 0.269 e. The molecule has 0 aliphatic carbocycles. The first-order chi connectivity index (χ1) is 9.99. The highest BCUT2D eigenvalue weighted by Crippen LogP contribution is 2.18. The SMILES string of the molecule is CCCCN(CC)CC(=O)N(C)c1ccc([N+](=O)[O-])cc1. The first-order valence-electron chi connectivity index (χ1n) is 7.23. The van der Waals surface area contributed by atoms with Crippen LogP contribution in [0.1, 0.15) is 26.7 Å². The molecule has 0 saturated heterocycles. The van der Waals surface area contributed by atoms with Gasteiger partial charge < -0.3 is 4.90 Å². The molecule has 6 nitrogen and oxygen atoms in total. The second-order valence-corrected chi connectivity index (χ2v) is 4.95. The molecule has 0 heterocycles. The number of nitrogens with zero attached hydrogens (tertiary/aromatic N) is 3. The van der Waals surface area contributed by atoms with Crippen molar-refractivity contribution in [2.75, 3.05) is 31.6 Å². The number of hydrogen-bond donors (Lipinski definition) is 0. The first-order valence-corrected chi connectivity index (χ1v) is 7.23. The van der Waals surface area contributed by atoms with E-state index in [9.17, 15) is 14.9 Å². The molecule has 0 unspecified atom stereocenters. The van der Waals surface area contributed by atoms with E-state index < -0.39 is 4.92 Å². The molecule has 0 radical (unpaired) electrons. The Morgan fingerprint density at radius 1 is 1.24 bits per heavy atom. The van der Waals surface area contributed by atoms with Crippen molar-refractivity contribution in [3.63, 3.8) is 0 Å². The summed E-state index contributed by atoms with van der Waals surface area (Å²) < 4.78 is 0. The van der Waals surface area contributed by atoms with Crippen molar-refractivity contribution in [1.29, 1.82) is 0 Å². The predicted molar refractivity (Wildman–Crippen MR) is 83.5 cm³/mol. The summed E-state index contributed by atoms with van der Waals surface area (Å²) in [6, 6.07) is 6.01. The Hall–Kier alpha value is -1.95. The lowest BCUT2D eigenvalue weighted by atomic mass is 10.2. The fraction of sp³-hybridized carbons (Fsp3) is 0.533. The van der Waals surface area contributed by atoms with Crippen LogP contribution in [-0.4, -0.2) is 42.4 Å². The number of unbranched alkanes of at least 4 members (excludes halogenated alkanes) is 1.